The van der Waals surface area contributed by atoms with Gasteiger partial charge in [-0.25, -0.2) is 14.2 Å². The number of methoxy groups -OCH3 is 1. The van der Waals surface area contributed by atoms with Crippen LogP contribution in [0.2, 0.25) is 0 Å². The minimum atomic E-state index is -1.06. The molecule has 2 N–H and O–H groups in total. The molecule has 1 heterocycles. The fourth-order valence-corrected chi connectivity index (χ4v) is 3.44. The Bertz CT molecular complexity index is 1020. The summed E-state index contributed by atoms with van der Waals surface area (Å²) >= 11 is 1.16. The molecule has 0 bridgehead atoms. The maximum atomic E-state index is 13.0. The Morgan fingerprint density at radius 2 is 2.00 bits per heavy atom. The molecule has 2 aromatic rings. The highest BCUT2D eigenvalue weighted by Crippen LogP contribution is 2.33. The number of nitrogens with one attached hydrogen (secondary N) is 1. The molecule has 1 aliphatic heterocycles. The van der Waals surface area contributed by atoms with Gasteiger partial charge >= 0.3 is 5.97 Å². The first-order valence-corrected chi connectivity index (χ1v) is 9.84. The maximum absolute atomic E-state index is 13.0. The van der Waals surface area contributed by atoms with E-state index in [2.05, 4.69) is 10.3 Å². The van der Waals surface area contributed by atoms with Crippen molar-refractivity contribution in [1.29, 1.82) is 0 Å². The normalized spacial score (nSPS) is 17.1. The fraction of sp³-hybridized carbons (Fsp3) is 0.190. The number of halogens is 1. The average molecular weight is 430 g/mol. The molecule has 1 saturated heterocycles. The van der Waals surface area contributed by atoms with Gasteiger partial charge in [-0.2, -0.15) is 0 Å². The van der Waals surface area contributed by atoms with Gasteiger partial charge in [-0.15, -0.1) is 0 Å². The number of hydrogen-bond donors (Lipinski definition) is 2. The van der Waals surface area contributed by atoms with Crippen molar-refractivity contribution in [3.63, 3.8) is 0 Å². The van der Waals surface area contributed by atoms with Crippen molar-refractivity contribution < 1.29 is 28.6 Å². The van der Waals surface area contributed by atoms with Crippen molar-refractivity contribution in [2.75, 3.05) is 7.11 Å². The molecular formula is C21H19FN2O5S. The Kier molecular flexibility index (Phi) is 6.73. The number of aliphatic carboxylic acids is 1. The average Bonchev–Trinajstić information content (AvgIpc) is 3.06. The number of carboxylic acids is 1. The lowest BCUT2D eigenvalue weighted by Gasteiger charge is -2.16. The van der Waals surface area contributed by atoms with E-state index in [-0.39, 0.29) is 11.7 Å². The van der Waals surface area contributed by atoms with Crippen molar-refractivity contribution in [3.05, 3.63) is 58.8 Å². The van der Waals surface area contributed by atoms with Crippen LogP contribution < -0.4 is 14.8 Å². The Morgan fingerprint density at radius 1 is 1.27 bits per heavy atom. The smallest absolute Gasteiger partial charge is 0.344 e. The molecule has 7 nitrogen and oxygen atoms in total. The number of benzene rings is 2. The van der Waals surface area contributed by atoms with Gasteiger partial charge in [-0.3, -0.25) is 4.79 Å². The van der Waals surface area contributed by atoms with Gasteiger partial charge in [0.1, 0.15) is 5.82 Å². The number of carbonyl (C=O) groups excluding carboxylic acids is 1. The zero-order valence-electron chi connectivity index (χ0n) is 16.2. The van der Waals surface area contributed by atoms with Crippen LogP contribution in [0.25, 0.3) is 6.08 Å². The summed E-state index contributed by atoms with van der Waals surface area (Å²) in [5.41, 5.74) is 1.19. The minimum Gasteiger partial charge on any atom is -0.493 e. The fourth-order valence-electron chi connectivity index (χ4n) is 2.60. The van der Waals surface area contributed by atoms with Gasteiger partial charge in [0.2, 0.25) is 0 Å². The Labute approximate surface area is 176 Å². The van der Waals surface area contributed by atoms with E-state index in [4.69, 9.17) is 14.6 Å². The lowest BCUT2D eigenvalue weighted by molar-refractivity contribution is -0.145. The van der Waals surface area contributed by atoms with E-state index >= 15 is 0 Å². The van der Waals surface area contributed by atoms with E-state index in [1.54, 1.807) is 31.2 Å². The summed E-state index contributed by atoms with van der Waals surface area (Å²) in [5.74, 6) is -1.07. The highest BCUT2D eigenvalue weighted by molar-refractivity contribution is 8.18. The Morgan fingerprint density at radius 3 is 2.63 bits per heavy atom. The van der Waals surface area contributed by atoms with Gasteiger partial charge in [-0.05, 0) is 66.2 Å². The molecule has 1 unspecified atom stereocenters. The molecule has 2 aromatic carbocycles. The second-order valence-corrected chi connectivity index (χ2v) is 7.25. The number of amides is 1. The third kappa shape index (κ3) is 5.18. The highest BCUT2D eigenvalue weighted by Gasteiger charge is 2.24. The topological polar surface area (TPSA) is 97.2 Å². The summed E-state index contributed by atoms with van der Waals surface area (Å²) in [6.45, 7) is 1.71. The Hall–Kier alpha value is -3.33. The molecule has 0 aromatic heterocycles. The quantitative estimate of drug-likeness (QED) is 0.645. The summed E-state index contributed by atoms with van der Waals surface area (Å²) in [5, 5.41) is 12.2. The summed E-state index contributed by atoms with van der Waals surface area (Å²) in [4.78, 5) is 28.2. The van der Waals surface area contributed by atoms with Crippen LogP contribution in [-0.2, 0) is 9.59 Å². The molecule has 0 radical (unpaired) electrons. The summed E-state index contributed by atoms with van der Waals surface area (Å²) in [6, 6.07) is 10.6. The van der Waals surface area contributed by atoms with Crippen molar-refractivity contribution in [2.24, 2.45) is 4.99 Å². The molecule has 1 atom stereocenters. The number of nitrogens with zero attached hydrogens (tertiary/aromatic N) is 1. The third-order valence-corrected chi connectivity index (χ3v) is 5.02. The second-order valence-electron chi connectivity index (χ2n) is 6.22. The van der Waals surface area contributed by atoms with Crippen LogP contribution >= 0.6 is 11.8 Å². The first kappa shape index (κ1) is 21.4. The molecule has 0 spiro atoms. The minimum absolute atomic E-state index is 0.302. The first-order valence-electron chi connectivity index (χ1n) is 9.02. The third-order valence-electron chi connectivity index (χ3n) is 4.11. The molecule has 0 saturated carbocycles. The van der Waals surface area contributed by atoms with Crippen LogP contribution in [0.4, 0.5) is 10.1 Å². The first-order chi connectivity index (χ1) is 14.4. The molecular weight excluding hydrogens is 411 g/mol. The van der Waals surface area contributed by atoms with E-state index in [1.165, 1.54) is 31.4 Å². The number of rotatable bonds is 7. The zero-order valence-corrected chi connectivity index (χ0v) is 17.0. The number of aliphatic imine (C=N–C) groups is 1. The summed E-state index contributed by atoms with van der Waals surface area (Å²) < 4.78 is 23.8. The number of carboxylic acid groups (broad SMARTS) is 1. The number of carbonyl (C=O) groups is 2. The largest absolute Gasteiger partial charge is 0.493 e. The molecule has 9 heteroatoms. The van der Waals surface area contributed by atoms with Gasteiger partial charge in [0.15, 0.2) is 22.8 Å². The number of thioether (sulfide) groups is 1. The number of hydrogen-bond acceptors (Lipinski definition) is 6. The van der Waals surface area contributed by atoms with Crippen LogP contribution in [0.5, 0.6) is 11.5 Å². The number of ether oxygens (including phenoxy) is 2. The standard InChI is InChI=1S/C21H19FN2O5S/c1-3-15(20(26)27)29-16-9-4-12(10-17(16)28-2)11-18-19(25)24-21(30-18)23-14-7-5-13(22)6-8-14/h4-11,15H,3H2,1-2H3,(H,26,27)(H,23,24,25)/b18-11+. The van der Waals surface area contributed by atoms with Crippen molar-refractivity contribution in [2.45, 2.75) is 19.4 Å². The molecule has 1 aliphatic rings. The molecule has 1 amide bonds. The van der Waals surface area contributed by atoms with E-state index in [0.717, 1.165) is 11.8 Å². The van der Waals surface area contributed by atoms with Crippen LogP contribution in [0.1, 0.15) is 18.9 Å². The lowest BCUT2D eigenvalue weighted by atomic mass is 10.1. The predicted molar refractivity (Wildman–Crippen MR) is 113 cm³/mol. The van der Waals surface area contributed by atoms with Gasteiger partial charge in [0.25, 0.3) is 5.91 Å². The van der Waals surface area contributed by atoms with Gasteiger partial charge in [0, 0.05) is 0 Å². The summed E-state index contributed by atoms with van der Waals surface area (Å²) in [7, 11) is 1.45. The van der Waals surface area contributed by atoms with Crippen LogP contribution in [-0.4, -0.2) is 35.4 Å². The van der Waals surface area contributed by atoms with Gasteiger partial charge in [0.05, 0.1) is 17.7 Å². The molecule has 0 aliphatic carbocycles. The zero-order chi connectivity index (χ0) is 21.7. The van der Waals surface area contributed by atoms with E-state index < -0.39 is 12.1 Å². The second kappa shape index (κ2) is 9.45. The molecule has 3 rings (SSSR count). The lowest BCUT2D eigenvalue weighted by Crippen LogP contribution is -2.26. The van der Waals surface area contributed by atoms with E-state index in [0.29, 0.717) is 39.2 Å². The van der Waals surface area contributed by atoms with Gasteiger partial charge in [-0.1, -0.05) is 13.0 Å². The van der Waals surface area contributed by atoms with Crippen LogP contribution in [0.15, 0.2) is 52.4 Å². The van der Waals surface area contributed by atoms with Crippen molar-refractivity contribution in [1.82, 2.24) is 5.32 Å². The van der Waals surface area contributed by atoms with Crippen LogP contribution in [0, 0.1) is 5.82 Å². The van der Waals surface area contributed by atoms with E-state index in [9.17, 15) is 14.0 Å². The summed E-state index contributed by atoms with van der Waals surface area (Å²) in [6.07, 6.45) is 0.982. The van der Waals surface area contributed by atoms with Crippen molar-refractivity contribution >= 4 is 40.6 Å². The van der Waals surface area contributed by atoms with Crippen LogP contribution in [0.3, 0.4) is 0 Å². The van der Waals surface area contributed by atoms with Gasteiger partial charge < -0.3 is 19.9 Å². The molecule has 156 valence electrons. The van der Waals surface area contributed by atoms with Crippen molar-refractivity contribution in [3.8, 4) is 11.5 Å². The SMILES string of the molecule is CCC(Oc1ccc(/C=C2/SC(=Nc3ccc(F)cc3)NC2=O)cc1OC)C(=O)O. The monoisotopic (exact) mass is 430 g/mol. The molecule has 30 heavy (non-hydrogen) atoms. The maximum Gasteiger partial charge on any atom is 0.344 e. The molecule has 1 fully saturated rings. The van der Waals surface area contributed by atoms with E-state index in [1.807, 2.05) is 0 Å². The highest BCUT2D eigenvalue weighted by atomic mass is 32.2. The predicted octanol–water partition coefficient (Wildman–Crippen LogP) is 3.97. The Balaban J connectivity index is 1.79. The number of amidine groups is 1.